The third-order valence-electron chi connectivity index (χ3n) is 0.920. The van der Waals surface area contributed by atoms with Crippen LogP contribution in [0.3, 0.4) is 0 Å². The van der Waals surface area contributed by atoms with E-state index < -0.39 is 0 Å². The van der Waals surface area contributed by atoms with Crippen molar-refractivity contribution in [3.05, 3.63) is 10.8 Å². The lowest BCUT2D eigenvalue weighted by Gasteiger charge is -2.13. The second kappa shape index (κ2) is 1.82. The molecule has 0 radical (unpaired) electrons. The second-order valence-electron chi connectivity index (χ2n) is 1.64. The average molecular weight is 128 g/mol. The molecule has 0 spiro atoms. The monoisotopic (exact) mass is 128 g/mol. The summed E-state index contributed by atoms with van der Waals surface area (Å²) in [6.45, 7) is 7.63. The summed E-state index contributed by atoms with van der Waals surface area (Å²) in [5, 5.41) is 1.07. The lowest BCUT2D eigenvalue weighted by molar-refractivity contribution is -0.330. The van der Waals surface area contributed by atoms with Crippen LogP contribution in [-0.4, -0.2) is 16.4 Å². The maximum Gasteiger partial charge on any atom is 0.382 e. The Morgan fingerprint density at radius 2 is 2.50 bits per heavy atom. The van der Waals surface area contributed by atoms with E-state index in [0.717, 1.165) is 10.4 Å². The van der Waals surface area contributed by atoms with Crippen molar-refractivity contribution in [3.63, 3.8) is 0 Å². The quantitative estimate of drug-likeness (QED) is 0.198. The van der Waals surface area contributed by atoms with Crippen LogP contribution in [0.4, 0.5) is 0 Å². The van der Waals surface area contributed by atoms with Crippen molar-refractivity contribution in [2.45, 2.75) is 13.8 Å². The van der Waals surface area contributed by atoms with Crippen molar-refractivity contribution in [1.29, 1.82) is 0 Å². The molecule has 1 aliphatic heterocycles. The second-order valence-corrected chi connectivity index (χ2v) is 3.03. The van der Waals surface area contributed by atoms with Gasteiger partial charge in [0.2, 0.25) is 0 Å². The highest BCUT2D eigenvalue weighted by molar-refractivity contribution is 7.81. The lowest BCUT2D eigenvalue weighted by atomic mass is 10.7. The first kappa shape index (κ1) is 5.69. The molecular weight excluding hydrogens is 120 g/mol. The van der Waals surface area contributed by atoms with Crippen LogP contribution in [0, 0.1) is 5.37 Å². The molecule has 0 aliphatic carbocycles. The molecule has 0 aromatic heterocycles. The summed E-state index contributed by atoms with van der Waals surface area (Å²) in [6.07, 6.45) is 0. The van der Waals surface area contributed by atoms with Gasteiger partial charge in [0.15, 0.2) is 0 Å². The number of rotatable bonds is 0. The Morgan fingerprint density at radius 1 is 1.88 bits per heavy atom. The van der Waals surface area contributed by atoms with Crippen molar-refractivity contribution in [3.8, 4) is 0 Å². The maximum atomic E-state index is 4.03. The van der Waals surface area contributed by atoms with E-state index >= 15 is 0 Å². The summed E-state index contributed by atoms with van der Waals surface area (Å²) >= 11 is 1.66. The van der Waals surface area contributed by atoms with Crippen molar-refractivity contribution >= 4 is 23.1 Å². The van der Waals surface area contributed by atoms with Crippen LogP contribution in [0.15, 0.2) is 0 Å². The molecule has 0 unspecified atom stereocenters. The Kier molecular flexibility index (Phi) is 1.29. The molecule has 0 fully saturated rings. The Hall–Kier alpha value is -0.440. The Bertz CT molecular complexity index is 151. The Morgan fingerprint density at radius 3 is 2.62 bits per heavy atom. The van der Waals surface area contributed by atoms with Gasteiger partial charge in [-0.2, -0.15) is 6.92 Å². The van der Waals surface area contributed by atoms with Gasteiger partial charge in [-0.1, -0.05) is 5.37 Å². The normalized spacial score (nSPS) is 20.8. The van der Waals surface area contributed by atoms with E-state index in [9.17, 15) is 0 Å². The van der Waals surface area contributed by atoms with E-state index in [0.29, 0.717) is 0 Å². The van der Waals surface area contributed by atoms with Gasteiger partial charge in [0.1, 0.15) is 6.72 Å². The third kappa shape index (κ3) is 0.865. The molecule has 0 aromatic rings. The summed E-state index contributed by atoms with van der Waals surface area (Å²) in [5.74, 6) is 0. The van der Waals surface area contributed by atoms with Crippen LogP contribution in [0.2, 0.25) is 0 Å². The van der Waals surface area contributed by atoms with E-state index in [1.807, 2.05) is 13.8 Å². The molecule has 1 aliphatic rings. The first-order chi connectivity index (χ1) is 3.70. The smallest absolute Gasteiger partial charge is 0.382 e. The minimum absolute atomic E-state index is 1.07. The van der Waals surface area contributed by atoms with E-state index in [-0.39, 0.29) is 0 Å². The summed E-state index contributed by atoms with van der Waals surface area (Å²) < 4.78 is 1.64. The number of hydrogen-bond acceptors (Lipinski definition) is 0. The molecule has 0 saturated carbocycles. The van der Waals surface area contributed by atoms with E-state index in [1.165, 1.54) is 0 Å². The first-order valence-electron chi connectivity index (χ1n) is 2.37. The van der Waals surface area contributed by atoms with Crippen LogP contribution in [0.25, 0.3) is 5.43 Å². The highest BCUT2D eigenvalue weighted by atomic mass is 32.1. The summed E-state index contributed by atoms with van der Waals surface area (Å²) in [5.41, 5.74) is 4.03. The fourth-order valence-electron chi connectivity index (χ4n) is 0.527. The molecule has 0 bridgehead atoms. The first-order valence-corrected chi connectivity index (χ1v) is 3.19. The minimum atomic E-state index is 1.07. The molecule has 8 heavy (non-hydrogen) atoms. The van der Waals surface area contributed by atoms with Crippen molar-refractivity contribution in [2.24, 2.45) is 0 Å². The molecule has 0 saturated heterocycles. The van der Waals surface area contributed by atoms with Crippen molar-refractivity contribution < 1.29 is 4.68 Å². The van der Waals surface area contributed by atoms with Gasteiger partial charge >= 0.3 is 4.99 Å². The highest BCUT2D eigenvalue weighted by Gasteiger charge is 2.11. The van der Waals surface area contributed by atoms with Gasteiger partial charge in [0.05, 0.1) is 6.92 Å². The van der Waals surface area contributed by atoms with E-state index in [2.05, 4.69) is 12.1 Å². The van der Waals surface area contributed by atoms with Gasteiger partial charge in [-0.25, -0.2) is 4.68 Å². The molecule has 1 heterocycles. The van der Waals surface area contributed by atoms with Crippen LogP contribution in [-0.2, 0) is 11.4 Å². The standard InChI is InChI=1S/C5H8N2S/c1-4-6-7(3)5(2)8-4/h3H2,1-2H3. The molecule has 2 nitrogen and oxygen atoms in total. The van der Waals surface area contributed by atoms with Crippen LogP contribution < -0.4 is 0 Å². The molecule has 0 atom stereocenters. The number of nitrogens with zero attached hydrogens (tertiary/aromatic N) is 2. The van der Waals surface area contributed by atoms with E-state index in [1.54, 1.807) is 16.0 Å². The molecule has 1 rings (SSSR count). The molecule has 0 aromatic carbocycles. The minimum Gasteiger partial charge on any atom is -0.534 e. The lowest BCUT2D eigenvalue weighted by Crippen LogP contribution is -2.03. The van der Waals surface area contributed by atoms with E-state index in [4.69, 9.17) is 0 Å². The third-order valence-corrected chi connectivity index (χ3v) is 1.80. The predicted molar refractivity (Wildman–Crippen MR) is 37.7 cm³/mol. The fourth-order valence-corrected chi connectivity index (χ4v) is 1.24. The predicted octanol–water partition coefficient (Wildman–Crippen LogP) is 0.744. The molecule has 44 valence electrons. The van der Waals surface area contributed by atoms with Gasteiger partial charge in [-0.05, 0) is 0 Å². The van der Waals surface area contributed by atoms with Gasteiger partial charge < -0.3 is 5.43 Å². The fraction of sp³-hybridized carbons (Fsp3) is 0.400. The number of hydrogen-bond donors (Lipinski definition) is 0. The molecule has 3 heteroatoms. The largest absolute Gasteiger partial charge is 0.534 e. The van der Waals surface area contributed by atoms with Gasteiger partial charge in [-0.15, -0.1) is 0 Å². The summed E-state index contributed by atoms with van der Waals surface area (Å²) in [6, 6.07) is 0. The summed E-state index contributed by atoms with van der Waals surface area (Å²) in [7, 11) is 0. The van der Waals surface area contributed by atoms with Crippen LogP contribution >= 0.6 is 0 Å². The molecule has 0 N–H and O–H groups in total. The van der Waals surface area contributed by atoms with Crippen LogP contribution in [0.1, 0.15) is 13.8 Å². The van der Waals surface area contributed by atoms with Gasteiger partial charge in [0.25, 0.3) is 0 Å². The maximum absolute atomic E-state index is 4.03. The topological polar surface area (TPSA) is 17.1 Å². The van der Waals surface area contributed by atoms with Crippen LogP contribution in [0.5, 0.6) is 0 Å². The Balaban J connectivity index is 2.73. The Labute approximate surface area is 53.1 Å². The zero-order valence-corrected chi connectivity index (χ0v) is 5.83. The van der Waals surface area contributed by atoms with Gasteiger partial charge in [-0.3, -0.25) is 0 Å². The van der Waals surface area contributed by atoms with Gasteiger partial charge in [0, 0.05) is 11.4 Å². The summed E-state index contributed by atoms with van der Waals surface area (Å²) in [4.78, 5) is 1.14. The average Bonchev–Trinajstić information content (AvgIpc) is 1.85. The highest BCUT2D eigenvalue weighted by Crippen LogP contribution is 2.14. The zero-order chi connectivity index (χ0) is 6.15. The SMILES string of the molecule is C=[N+]1[N-][C-](C)[S+]=C1C. The molecule has 0 amide bonds. The zero-order valence-electron chi connectivity index (χ0n) is 5.01. The van der Waals surface area contributed by atoms with Crippen molar-refractivity contribution in [1.82, 2.24) is 0 Å². The van der Waals surface area contributed by atoms with Crippen molar-refractivity contribution in [2.75, 3.05) is 0 Å². The molecular formula is C5H8N2S.